The molecule has 0 amide bonds. The summed E-state index contributed by atoms with van der Waals surface area (Å²) >= 11 is 6.81. The van der Waals surface area contributed by atoms with Crippen LogP contribution in [0.1, 0.15) is 67.7 Å². The van der Waals surface area contributed by atoms with Gasteiger partial charge in [0.15, 0.2) is 11.7 Å². The minimum atomic E-state index is -2.42. The number of carbonyl (C=O) groups is 5. The van der Waals surface area contributed by atoms with Crippen LogP contribution in [0.15, 0.2) is 12.2 Å². The summed E-state index contributed by atoms with van der Waals surface area (Å²) in [5.41, 5.74) is -6.13. The zero-order chi connectivity index (χ0) is 33.1. The van der Waals surface area contributed by atoms with Crippen molar-refractivity contribution in [2.45, 2.75) is 127 Å². The van der Waals surface area contributed by atoms with Crippen molar-refractivity contribution in [2.24, 2.45) is 17.3 Å². The van der Waals surface area contributed by atoms with Crippen LogP contribution in [0, 0.1) is 17.3 Å². The average molecular weight is 645 g/mol. The van der Waals surface area contributed by atoms with Crippen LogP contribution in [0.25, 0.3) is 0 Å². The summed E-state index contributed by atoms with van der Waals surface area (Å²) in [4.78, 5) is 63.8. The first-order valence-corrected chi connectivity index (χ1v) is 15.1. The minimum absolute atomic E-state index is 0.00914. The van der Waals surface area contributed by atoms with Crippen LogP contribution in [-0.2, 0) is 52.4 Å². The molecule has 0 aromatic heterocycles. The van der Waals surface area contributed by atoms with Crippen molar-refractivity contribution >= 4 is 41.4 Å². The van der Waals surface area contributed by atoms with E-state index in [1.165, 1.54) is 20.8 Å². The number of hydrogen-bond donors (Lipinski definition) is 2. The Hall–Kier alpha value is -2.74. The van der Waals surface area contributed by atoms with Crippen molar-refractivity contribution in [3.05, 3.63) is 12.2 Å². The fraction of sp³-hybridized carbons (Fsp3) is 0.767. The number of fused-ring (bicyclic) bond motifs is 3. The molecule has 0 radical (unpaired) electrons. The maximum atomic E-state index is 13.1. The monoisotopic (exact) mass is 644 g/mol. The highest BCUT2D eigenvalue weighted by Gasteiger charge is 2.76. The van der Waals surface area contributed by atoms with Crippen LogP contribution in [-0.4, -0.2) is 99.4 Å². The Morgan fingerprint density at radius 1 is 0.977 bits per heavy atom. The molecule has 4 aliphatic rings. The lowest BCUT2D eigenvalue weighted by atomic mass is 9.50. The Balaban J connectivity index is 2.08. The third-order valence-electron chi connectivity index (χ3n) is 9.62. The number of halogens is 1. The van der Waals surface area contributed by atoms with Gasteiger partial charge < -0.3 is 38.6 Å². The molecule has 14 heteroatoms. The Bertz CT molecular complexity index is 1230. The molecule has 0 spiro atoms. The Labute approximate surface area is 260 Å². The number of ether oxygens (including phenoxy) is 6. The van der Waals surface area contributed by atoms with E-state index >= 15 is 0 Å². The van der Waals surface area contributed by atoms with Crippen LogP contribution in [0.2, 0.25) is 0 Å². The molecule has 4 rings (SSSR count). The first-order chi connectivity index (χ1) is 20.3. The summed E-state index contributed by atoms with van der Waals surface area (Å²) in [5.74, 6) is -6.87. The summed E-state index contributed by atoms with van der Waals surface area (Å²) < 4.78 is 34.8. The predicted octanol–water partition coefficient (Wildman–Crippen LogP) is 1.51. The van der Waals surface area contributed by atoms with Crippen LogP contribution in [0.3, 0.4) is 0 Å². The summed E-state index contributed by atoms with van der Waals surface area (Å²) in [7, 11) is 0. The van der Waals surface area contributed by atoms with Gasteiger partial charge in [-0.25, -0.2) is 0 Å². The number of hydrogen-bond acceptors (Lipinski definition) is 13. The second-order valence-electron chi connectivity index (χ2n) is 12.7. The van der Waals surface area contributed by atoms with E-state index in [0.717, 1.165) is 20.8 Å². The van der Waals surface area contributed by atoms with Gasteiger partial charge in [0, 0.05) is 39.5 Å². The van der Waals surface area contributed by atoms with Crippen molar-refractivity contribution < 1.29 is 62.6 Å². The van der Waals surface area contributed by atoms with Crippen LogP contribution in [0.5, 0.6) is 0 Å². The number of epoxide rings is 1. The lowest BCUT2D eigenvalue weighted by molar-refractivity contribution is -0.293. The first-order valence-electron chi connectivity index (χ1n) is 14.7. The largest absolute Gasteiger partial charge is 0.462 e. The molecule has 2 heterocycles. The molecule has 246 valence electrons. The molecule has 2 aliphatic heterocycles. The number of alkyl halides is 1. The quantitative estimate of drug-likeness (QED) is 0.140. The maximum absolute atomic E-state index is 13.1. The fourth-order valence-corrected chi connectivity index (χ4v) is 7.85. The Morgan fingerprint density at radius 3 is 2.09 bits per heavy atom. The van der Waals surface area contributed by atoms with Gasteiger partial charge in [-0.15, -0.1) is 11.6 Å². The zero-order valence-corrected chi connectivity index (χ0v) is 26.6. The molecule has 2 saturated heterocycles. The molecule has 0 aromatic carbocycles. The average Bonchev–Trinajstić information content (AvgIpc) is 3.66. The molecule has 13 atom stereocenters. The Morgan fingerprint density at radius 2 is 1.55 bits per heavy atom. The van der Waals surface area contributed by atoms with Crippen LogP contribution >= 0.6 is 11.6 Å². The molecule has 0 bridgehead atoms. The minimum Gasteiger partial charge on any atom is -0.462 e. The molecule has 4 fully saturated rings. The lowest BCUT2D eigenvalue weighted by Crippen LogP contribution is -2.75. The number of rotatable bonds is 6. The smallest absolute Gasteiger partial charge is 0.312 e. The molecule has 2 aliphatic carbocycles. The third-order valence-corrected chi connectivity index (χ3v) is 10.1. The van der Waals surface area contributed by atoms with Crippen LogP contribution in [0.4, 0.5) is 0 Å². The second kappa shape index (κ2) is 11.9. The number of carbonyl (C=O) groups excluding carboxylic acids is 5. The van der Waals surface area contributed by atoms with E-state index in [0.29, 0.717) is 6.42 Å². The van der Waals surface area contributed by atoms with Crippen molar-refractivity contribution in [3.8, 4) is 0 Å². The van der Waals surface area contributed by atoms with E-state index < -0.39 is 106 Å². The first kappa shape index (κ1) is 34.1. The highest BCUT2D eigenvalue weighted by molar-refractivity contribution is 6.23. The van der Waals surface area contributed by atoms with E-state index in [1.807, 2.05) is 0 Å². The zero-order valence-electron chi connectivity index (χ0n) is 25.9. The number of esters is 5. The molecule has 0 aromatic rings. The summed E-state index contributed by atoms with van der Waals surface area (Å²) in [6.07, 6.45) is -8.95. The summed E-state index contributed by atoms with van der Waals surface area (Å²) in [6, 6.07) is 0. The molecule has 13 nitrogen and oxygen atoms in total. The molecule has 2 saturated carbocycles. The third kappa shape index (κ3) is 5.50. The van der Waals surface area contributed by atoms with Gasteiger partial charge in [0.2, 0.25) is 0 Å². The van der Waals surface area contributed by atoms with Crippen molar-refractivity contribution in [2.75, 3.05) is 0 Å². The molecular weight excluding hydrogens is 604 g/mol. The van der Waals surface area contributed by atoms with E-state index in [4.69, 9.17) is 40.0 Å². The van der Waals surface area contributed by atoms with E-state index in [2.05, 4.69) is 6.58 Å². The van der Waals surface area contributed by atoms with Gasteiger partial charge in [-0.3, -0.25) is 24.0 Å². The van der Waals surface area contributed by atoms with Gasteiger partial charge >= 0.3 is 29.8 Å². The molecule has 0 unspecified atom stereocenters. The van der Waals surface area contributed by atoms with Crippen molar-refractivity contribution in [3.63, 3.8) is 0 Å². The number of aliphatic hydroxyl groups is 2. The highest BCUT2D eigenvalue weighted by Crippen LogP contribution is 2.61. The van der Waals surface area contributed by atoms with Gasteiger partial charge in [-0.1, -0.05) is 20.4 Å². The molecule has 44 heavy (non-hydrogen) atoms. The van der Waals surface area contributed by atoms with Gasteiger partial charge in [0.05, 0.1) is 16.7 Å². The maximum Gasteiger partial charge on any atom is 0.312 e. The van der Waals surface area contributed by atoms with Gasteiger partial charge in [-0.05, 0) is 25.8 Å². The van der Waals surface area contributed by atoms with E-state index in [9.17, 15) is 34.2 Å². The Kier molecular flexibility index (Phi) is 9.22. The lowest BCUT2D eigenvalue weighted by Gasteiger charge is -2.60. The van der Waals surface area contributed by atoms with Gasteiger partial charge in [-0.2, -0.15) is 0 Å². The summed E-state index contributed by atoms with van der Waals surface area (Å²) in [6.45, 7) is 13.4. The normalized spacial score (nSPS) is 44.6. The van der Waals surface area contributed by atoms with Crippen LogP contribution < -0.4 is 0 Å². The topological polar surface area (TPSA) is 184 Å². The van der Waals surface area contributed by atoms with Gasteiger partial charge in [0.1, 0.15) is 42.2 Å². The molecule has 2 N–H and O–H groups in total. The second-order valence-corrected chi connectivity index (χ2v) is 13.1. The predicted molar refractivity (Wildman–Crippen MR) is 150 cm³/mol. The van der Waals surface area contributed by atoms with Crippen molar-refractivity contribution in [1.82, 2.24) is 0 Å². The van der Waals surface area contributed by atoms with Gasteiger partial charge in [0.25, 0.3) is 0 Å². The molecular formula is C30H41ClO13. The highest BCUT2D eigenvalue weighted by atomic mass is 35.5. The van der Waals surface area contributed by atoms with Crippen molar-refractivity contribution in [1.29, 1.82) is 0 Å². The standard InChI is InChI=1S/C30H41ClO13/c1-9-10-19(35)42-18-11-17(39-14(4)32)28(7)23(29(18,8)37)26(41-16(6)34)30(38)13(3)27(36)44-24(30)20(31)12(2)21-22(43-21)25(28)40-15(5)33/h13,17-18,20-26,37-38H,2,9-11H2,1,3-8H3/t13-,17-,18+,20-,21+,22+,23+,24-,25+,26+,28-,29+,30-/m0/s1. The fourth-order valence-electron chi connectivity index (χ4n) is 7.47. The van der Waals surface area contributed by atoms with E-state index in [1.54, 1.807) is 6.92 Å². The summed E-state index contributed by atoms with van der Waals surface area (Å²) in [5, 5.41) is 23.8. The van der Waals surface area contributed by atoms with E-state index in [-0.39, 0.29) is 18.4 Å². The SMILES string of the molecule is C=C1[C@H]2O[C@H]2[C@@H](OC(C)=O)[C@@]2(C)[C@@H](OC(C)=O)C[C@@H](OC(=O)CCC)[C@@](C)(O)[C@@H]2[C@@H](OC(C)=O)[C@]2(O)[C@@H](C)C(=O)O[C@H]2[C@H]1Cl.